The van der Waals surface area contributed by atoms with Crippen molar-refractivity contribution in [2.75, 3.05) is 25.0 Å². The molecule has 0 radical (unpaired) electrons. The molecular weight excluding hydrogens is 462 g/mol. The Morgan fingerprint density at radius 1 is 1.17 bits per heavy atom. The minimum absolute atomic E-state index is 0.0699. The lowest BCUT2D eigenvalue weighted by molar-refractivity contribution is -0.0751. The fourth-order valence-electron chi connectivity index (χ4n) is 4.56. The van der Waals surface area contributed by atoms with Gasteiger partial charge in [0.1, 0.15) is 17.3 Å². The van der Waals surface area contributed by atoms with Crippen molar-refractivity contribution in [1.82, 2.24) is 29.5 Å². The van der Waals surface area contributed by atoms with E-state index in [1.165, 1.54) is 11.1 Å². The van der Waals surface area contributed by atoms with Crippen LogP contribution in [0.2, 0.25) is 0 Å². The van der Waals surface area contributed by atoms with Crippen LogP contribution in [0.4, 0.5) is 15.4 Å². The average molecular weight is 492 g/mol. The van der Waals surface area contributed by atoms with Gasteiger partial charge in [0.2, 0.25) is 0 Å². The third-order valence-corrected chi connectivity index (χ3v) is 6.34. The maximum absolute atomic E-state index is 12.9. The van der Waals surface area contributed by atoms with Gasteiger partial charge in [-0.2, -0.15) is 5.10 Å². The molecule has 2 aliphatic heterocycles. The van der Waals surface area contributed by atoms with E-state index in [-0.39, 0.29) is 17.7 Å². The predicted molar refractivity (Wildman–Crippen MR) is 132 cm³/mol. The van der Waals surface area contributed by atoms with Crippen molar-refractivity contribution in [1.29, 1.82) is 0 Å². The number of aromatic nitrogens is 4. The fraction of sp³-hybridized carbons (Fsp3) is 0.400. The van der Waals surface area contributed by atoms with Gasteiger partial charge in [-0.15, -0.1) is 0 Å². The number of nitrogens with zero attached hydrogens (tertiary/aromatic N) is 6. The summed E-state index contributed by atoms with van der Waals surface area (Å²) in [6, 6.07) is 6.20. The summed E-state index contributed by atoms with van der Waals surface area (Å²) in [5.41, 5.74) is 1.35. The molecule has 5 rings (SSSR count). The van der Waals surface area contributed by atoms with E-state index in [1.54, 1.807) is 40.2 Å². The third-order valence-electron chi connectivity index (χ3n) is 6.34. The van der Waals surface area contributed by atoms with Gasteiger partial charge >= 0.3 is 12.1 Å². The zero-order chi connectivity index (χ0) is 25.3. The molecule has 0 saturated carbocycles. The molecule has 4 amide bonds. The van der Waals surface area contributed by atoms with Crippen molar-refractivity contribution in [2.45, 2.75) is 38.3 Å². The van der Waals surface area contributed by atoms with Crippen molar-refractivity contribution in [3.05, 3.63) is 49.1 Å². The van der Waals surface area contributed by atoms with Crippen molar-refractivity contribution in [2.24, 2.45) is 7.05 Å². The van der Waals surface area contributed by atoms with Gasteiger partial charge in [0.25, 0.3) is 0 Å². The highest BCUT2D eigenvalue weighted by Crippen LogP contribution is 2.30. The molecule has 2 aliphatic rings. The summed E-state index contributed by atoms with van der Waals surface area (Å²) in [5.74, 6) is 1.43. The minimum atomic E-state index is -0.495. The van der Waals surface area contributed by atoms with E-state index in [1.807, 2.05) is 33.2 Å². The lowest BCUT2D eigenvalue weighted by Crippen LogP contribution is -2.48. The summed E-state index contributed by atoms with van der Waals surface area (Å²) in [6.45, 7) is 5.51. The van der Waals surface area contributed by atoms with E-state index in [0.717, 1.165) is 24.1 Å². The Morgan fingerprint density at radius 2 is 2.03 bits per heavy atom. The Morgan fingerprint density at radius 3 is 2.75 bits per heavy atom. The van der Waals surface area contributed by atoms with Gasteiger partial charge in [-0.05, 0) is 44.9 Å². The average Bonchev–Trinajstić information content (AvgIpc) is 3.45. The first-order valence-corrected chi connectivity index (χ1v) is 11.9. The van der Waals surface area contributed by atoms with E-state index in [2.05, 4.69) is 20.4 Å². The number of hydrogen-bond acceptors (Lipinski definition) is 7. The second-order valence-corrected chi connectivity index (χ2v) is 9.57. The number of ether oxygens (including phenoxy) is 2. The number of rotatable bonds is 5. The molecule has 1 unspecified atom stereocenters. The van der Waals surface area contributed by atoms with Gasteiger partial charge in [-0.1, -0.05) is 0 Å². The Kier molecular flexibility index (Phi) is 6.31. The smallest absolute Gasteiger partial charge is 0.331 e. The van der Waals surface area contributed by atoms with Gasteiger partial charge < -0.3 is 14.4 Å². The highest BCUT2D eigenvalue weighted by molar-refractivity contribution is 6.01. The van der Waals surface area contributed by atoms with Gasteiger partial charge in [0, 0.05) is 56.8 Å². The number of pyridine rings is 2. The number of hydrogen-bond donors (Lipinski definition) is 1. The number of aryl methyl sites for hydroxylation is 1. The maximum Gasteiger partial charge on any atom is 0.331 e. The third kappa shape index (κ3) is 5.15. The molecule has 3 aromatic rings. The normalized spacial score (nSPS) is 19.4. The molecule has 1 N–H and O–H groups in total. The van der Waals surface area contributed by atoms with Crippen LogP contribution in [0.1, 0.15) is 26.7 Å². The van der Waals surface area contributed by atoms with Crippen LogP contribution < -0.4 is 10.1 Å². The quantitative estimate of drug-likeness (QED) is 0.576. The van der Waals surface area contributed by atoms with E-state index < -0.39 is 6.03 Å². The number of anilines is 1. The molecule has 0 aromatic carbocycles. The number of carbonyl (C=O) groups is 2. The predicted octanol–water partition coefficient (Wildman–Crippen LogP) is 3.90. The SMILES string of the molecule is Cn1cc(-c2cc(Oc3ccc(NC(=O)N4CCN(C5CCOC(C)(C)C5)C4=O)nc3)ccn2)cn1. The molecule has 188 valence electrons. The largest absolute Gasteiger partial charge is 0.456 e. The van der Waals surface area contributed by atoms with E-state index in [9.17, 15) is 9.59 Å². The molecule has 0 bridgehead atoms. The molecule has 2 fully saturated rings. The van der Waals surface area contributed by atoms with Crippen LogP contribution in [-0.4, -0.2) is 72.9 Å². The van der Waals surface area contributed by atoms with Crippen LogP contribution in [0.15, 0.2) is 49.1 Å². The topological polar surface area (TPSA) is 115 Å². The van der Waals surface area contributed by atoms with Crippen LogP contribution in [0.3, 0.4) is 0 Å². The number of amides is 4. The molecule has 1 atom stereocenters. The molecule has 3 aromatic heterocycles. The molecule has 0 spiro atoms. The van der Waals surface area contributed by atoms with Crippen LogP contribution in [0.5, 0.6) is 11.5 Å². The number of nitrogens with one attached hydrogen (secondary N) is 1. The Balaban J connectivity index is 1.18. The van der Waals surface area contributed by atoms with E-state index in [4.69, 9.17) is 9.47 Å². The van der Waals surface area contributed by atoms with Gasteiger partial charge in [-0.3, -0.25) is 15.0 Å². The second-order valence-electron chi connectivity index (χ2n) is 9.57. The highest BCUT2D eigenvalue weighted by atomic mass is 16.5. The summed E-state index contributed by atoms with van der Waals surface area (Å²) in [7, 11) is 1.85. The molecule has 11 heteroatoms. The van der Waals surface area contributed by atoms with Crippen LogP contribution in [-0.2, 0) is 11.8 Å². The molecule has 2 saturated heterocycles. The first-order chi connectivity index (χ1) is 17.3. The lowest BCUT2D eigenvalue weighted by Gasteiger charge is -2.39. The summed E-state index contributed by atoms with van der Waals surface area (Å²) in [5, 5.41) is 6.87. The summed E-state index contributed by atoms with van der Waals surface area (Å²) < 4.78 is 13.4. The molecule has 36 heavy (non-hydrogen) atoms. The van der Waals surface area contributed by atoms with E-state index in [0.29, 0.717) is 37.0 Å². The Hall–Kier alpha value is -3.99. The monoisotopic (exact) mass is 491 g/mol. The zero-order valence-electron chi connectivity index (χ0n) is 20.5. The summed E-state index contributed by atoms with van der Waals surface area (Å²) in [6.07, 6.45) is 8.31. The van der Waals surface area contributed by atoms with Crippen molar-refractivity contribution in [3.8, 4) is 22.8 Å². The number of carbonyl (C=O) groups excluding carboxylic acids is 2. The first-order valence-electron chi connectivity index (χ1n) is 11.9. The van der Waals surface area contributed by atoms with E-state index >= 15 is 0 Å². The molecule has 0 aliphatic carbocycles. The van der Waals surface area contributed by atoms with Crippen LogP contribution in [0, 0.1) is 0 Å². The van der Waals surface area contributed by atoms with Crippen molar-refractivity contribution >= 4 is 17.9 Å². The van der Waals surface area contributed by atoms with Gasteiger partial charge in [0.15, 0.2) is 0 Å². The summed E-state index contributed by atoms with van der Waals surface area (Å²) >= 11 is 0. The van der Waals surface area contributed by atoms with Gasteiger partial charge in [-0.25, -0.2) is 19.5 Å². The Labute approximate surface area is 209 Å². The maximum atomic E-state index is 12.9. The molecule has 5 heterocycles. The summed E-state index contributed by atoms with van der Waals surface area (Å²) in [4.78, 5) is 37.4. The van der Waals surface area contributed by atoms with Gasteiger partial charge in [0.05, 0.1) is 23.7 Å². The minimum Gasteiger partial charge on any atom is -0.456 e. The highest BCUT2D eigenvalue weighted by Gasteiger charge is 2.41. The van der Waals surface area contributed by atoms with Crippen molar-refractivity contribution in [3.63, 3.8) is 0 Å². The standard InChI is InChI=1S/C25H29N7O4/c1-25(2)13-18(7-11-35-25)31-9-10-32(24(31)34)23(33)29-22-5-4-20(15-27-22)36-19-6-8-26-21(12-19)17-14-28-30(3)16-17/h4-6,8,12,14-16,18H,7,9-11,13H2,1-3H3,(H,27,29,33). The molecule has 11 nitrogen and oxygen atoms in total. The second kappa shape index (κ2) is 9.57. The lowest BCUT2D eigenvalue weighted by atomic mass is 9.93. The van der Waals surface area contributed by atoms with Crippen LogP contribution in [0.25, 0.3) is 11.3 Å². The van der Waals surface area contributed by atoms with Crippen molar-refractivity contribution < 1.29 is 19.1 Å². The number of urea groups is 2. The van der Waals surface area contributed by atoms with Crippen LogP contribution >= 0.6 is 0 Å². The number of imide groups is 1. The molecular formula is C25H29N7O4. The zero-order valence-corrected chi connectivity index (χ0v) is 20.5. The Bertz CT molecular complexity index is 1260. The fourth-order valence-corrected chi connectivity index (χ4v) is 4.56. The first kappa shape index (κ1) is 23.7.